The summed E-state index contributed by atoms with van der Waals surface area (Å²) in [4.78, 5) is 25.0. The van der Waals surface area contributed by atoms with Crippen LogP contribution in [0.5, 0.6) is 0 Å². The Bertz CT molecular complexity index is 877. The normalized spacial score (nSPS) is 22.1. The van der Waals surface area contributed by atoms with Gasteiger partial charge in [-0.2, -0.15) is 0 Å². The van der Waals surface area contributed by atoms with Gasteiger partial charge in [0, 0.05) is 29.5 Å². The lowest BCUT2D eigenvalue weighted by Crippen LogP contribution is -2.44. The van der Waals surface area contributed by atoms with Crippen LogP contribution in [0.15, 0.2) is 22.8 Å². The Morgan fingerprint density at radius 1 is 1.12 bits per heavy atom. The van der Waals surface area contributed by atoms with Crippen molar-refractivity contribution in [3.05, 3.63) is 29.5 Å². The van der Waals surface area contributed by atoms with Gasteiger partial charge < -0.3 is 15.1 Å². The van der Waals surface area contributed by atoms with Gasteiger partial charge in [0.1, 0.15) is 5.58 Å². The maximum Gasteiger partial charge on any atom is 0.224 e. The molecule has 0 aliphatic heterocycles. The smallest absolute Gasteiger partial charge is 0.224 e. The molecule has 1 atom stereocenters. The lowest BCUT2D eigenvalue weighted by molar-refractivity contribution is -0.126. The molecule has 2 aromatic rings. The molecule has 0 spiro atoms. The summed E-state index contributed by atoms with van der Waals surface area (Å²) in [5.41, 5.74) is 3.81. The average molecular weight is 352 g/mol. The highest BCUT2D eigenvalue weighted by Crippen LogP contribution is 2.39. The van der Waals surface area contributed by atoms with Gasteiger partial charge in [-0.25, -0.2) is 0 Å². The molecule has 26 heavy (non-hydrogen) atoms. The molecule has 5 nitrogen and oxygen atoms in total. The van der Waals surface area contributed by atoms with Gasteiger partial charge in [0.2, 0.25) is 11.8 Å². The number of furan rings is 1. The number of hydrogen-bond donors (Lipinski definition) is 2. The molecule has 3 aliphatic carbocycles. The highest BCUT2D eigenvalue weighted by Gasteiger charge is 2.32. The zero-order valence-electron chi connectivity index (χ0n) is 14.8. The Balaban J connectivity index is 1.41. The van der Waals surface area contributed by atoms with Crippen LogP contribution in [0.4, 0.5) is 5.69 Å². The predicted octanol–water partition coefficient (Wildman–Crippen LogP) is 3.55. The number of rotatable bonds is 5. The molecule has 136 valence electrons. The van der Waals surface area contributed by atoms with E-state index in [0.29, 0.717) is 31.2 Å². The van der Waals surface area contributed by atoms with Gasteiger partial charge in [-0.05, 0) is 74.1 Å². The largest absolute Gasteiger partial charge is 0.464 e. The number of carbonyl (C=O) groups excluding carboxylic acids is 2. The van der Waals surface area contributed by atoms with E-state index in [0.717, 1.165) is 53.5 Å². The van der Waals surface area contributed by atoms with Gasteiger partial charge in [-0.3, -0.25) is 9.59 Å². The molecule has 2 amide bonds. The van der Waals surface area contributed by atoms with Gasteiger partial charge in [-0.15, -0.1) is 0 Å². The van der Waals surface area contributed by atoms with Crippen LogP contribution in [-0.2, 0) is 22.4 Å². The van der Waals surface area contributed by atoms with Crippen molar-refractivity contribution in [1.82, 2.24) is 5.32 Å². The maximum absolute atomic E-state index is 12.7. The maximum atomic E-state index is 12.7. The van der Waals surface area contributed by atoms with E-state index in [1.165, 1.54) is 6.42 Å². The number of benzene rings is 1. The first-order valence-electron chi connectivity index (χ1n) is 9.79. The van der Waals surface area contributed by atoms with Gasteiger partial charge >= 0.3 is 0 Å². The summed E-state index contributed by atoms with van der Waals surface area (Å²) in [5, 5.41) is 7.35. The van der Waals surface area contributed by atoms with Crippen LogP contribution < -0.4 is 10.6 Å². The molecule has 0 radical (unpaired) electrons. The summed E-state index contributed by atoms with van der Waals surface area (Å²) < 4.78 is 5.69. The molecule has 2 fully saturated rings. The fourth-order valence-electron chi connectivity index (χ4n) is 4.18. The van der Waals surface area contributed by atoms with E-state index in [1.54, 1.807) is 6.26 Å². The molecule has 2 saturated carbocycles. The molecule has 3 aliphatic rings. The number of nitrogens with one attached hydrogen (secondary N) is 2. The second-order valence-corrected chi connectivity index (χ2v) is 8.16. The summed E-state index contributed by atoms with van der Waals surface area (Å²) >= 11 is 0. The zero-order valence-corrected chi connectivity index (χ0v) is 14.8. The third kappa shape index (κ3) is 2.89. The molecular weight excluding hydrogens is 328 g/mol. The molecule has 1 heterocycles. The molecule has 0 bridgehead atoms. The molecule has 2 N–H and O–H groups in total. The SMILES string of the molecule is O=C(CC1CC1)Nc1ccc2occ3c2c1CC(C(=O)NC1CCC1)C3. The van der Waals surface area contributed by atoms with Crippen LogP contribution in [0.25, 0.3) is 11.0 Å². The van der Waals surface area contributed by atoms with Crippen molar-refractivity contribution in [2.75, 3.05) is 5.32 Å². The Morgan fingerprint density at radius 3 is 2.69 bits per heavy atom. The van der Waals surface area contributed by atoms with Gasteiger partial charge in [0.05, 0.1) is 6.26 Å². The summed E-state index contributed by atoms with van der Waals surface area (Å²) in [7, 11) is 0. The van der Waals surface area contributed by atoms with Crippen LogP contribution in [0.2, 0.25) is 0 Å². The molecule has 5 rings (SSSR count). The third-order valence-corrected chi connectivity index (χ3v) is 6.11. The minimum atomic E-state index is -0.0922. The number of carbonyl (C=O) groups is 2. The summed E-state index contributed by atoms with van der Waals surface area (Å²) in [5.74, 6) is 0.675. The minimum Gasteiger partial charge on any atom is -0.464 e. The first-order chi connectivity index (χ1) is 12.7. The second-order valence-electron chi connectivity index (χ2n) is 8.16. The summed E-state index contributed by atoms with van der Waals surface area (Å²) in [6, 6.07) is 4.19. The van der Waals surface area contributed by atoms with Crippen molar-refractivity contribution in [3.8, 4) is 0 Å². The Kier molecular flexibility index (Phi) is 3.76. The van der Waals surface area contributed by atoms with E-state index in [9.17, 15) is 9.59 Å². The Morgan fingerprint density at radius 2 is 1.96 bits per heavy atom. The van der Waals surface area contributed by atoms with Crippen LogP contribution in [-0.4, -0.2) is 17.9 Å². The number of amides is 2. The number of hydrogen-bond acceptors (Lipinski definition) is 3. The van der Waals surface area contributed by atoms with Crippen molar-refractivity contribution in [3.63, 3.8) is 0 Å². The van der Waals surface area contributed by atoms with Crippen molar-refractivity contribution in [1.29, 1.82) is 0 Å². The van der Waals surface area contributed by atoms with Gasteiger partial charge in [0.25, 0.3) is 0 Å². The van der Waals surface area contributed by atoms with Crippen LogP contribution >= 0.6 is 0 Å². The molecule has 0 saturated heterocycles. The van der Waals surface area contributed by atoms with Crippen LogP contribution in [0.3, 0.4) is 0 Å². The van der Waals surface area contributed by atoms with Crippen LogP contribution in [0, 0.1) is 11.8 Å². The van der Waals surface area contributed by atoms with E-state index < -0.39 is 0 Å². The van der Waals surface area contributed by atoms with Crippen LogP contribution in [0.1, 0.15) is 49.7 Å². The summed E-state index contributed by atoms with van der Waals surface area (Å²) in [6.07, 6.45) is 9.44. The van der Waals surface area contributed by atoms with Crippen molar-refractivity contribution in [2.45, 2.75) is 57.4 Å². The lowest BCUT2D eigenvalue weighted by atomic mass is 9.82. The van der Waals surface area contributed by atoms with Crippen molar-refractivity contribution < 1.29 is 14.0 Å². The molecule has 5 heteroatoms. The topological polar surface area (TPSA) is 71.3 Å². The van der Waals surface area contributed by atoms with Gasteiger partial charge in [-0.1, -0.05) is 0 Å². The van der Waals surface area contributed by atoms with Gasteiger partial charge in [0.15, 0.2) is 0 Å². The fourth-order valence-corrected chi connectivity index (χ4v) is 4.18. The first kappa shape index (κ1) is 15.9. The average Bonchev–Trinajstić information content (AvgIpc) is 3.31. The van der Waals surface area contributed by atoms with E-state index in [-0.39, 0.29) is 17.7 Å². The standard InChI is InChI=1S/C21H24N2O3/c24-19(8-12-4-5-12)23-17-6-7-18-20-14(11-26-18)9-13(10-16(17)20)21(25)22-15-2-1-3-15/h6-7,11-13,15H,1-5,8-10H2,(H,22,25)(H,23,24). The zero-order chi connectivity index (χ0) is 17.7. The third-order valence-electron chi connectivity index (χ3n) is 6.11. The molecule has 1 aromatic heterocycles. The highest BCUT2D eigenvalue weighted by molar-refractivity contribution is 5.98. The van der Waals surface area contributed by atoms with E-state index in [2.05, 4.69) is 10.6 Å². The summed E-state index contributed by atoms with van der Waals surface area (Å²) in [6.45, 7) is 0. The van der Waals surface area contributed by atoms with E-state index in [4.69, 9.17) is 4.42 Å². The first-order valence-corrected chi connectivity index (χ1v) is 9.79. The lowest BCUT2D eigenvalue weighted by Gasteiger charge is -2.30. The van der Waals surface area contributed by atoms with Crippen molar-refractivity contribution >= 4 is 28.5 Å². The monoisotopic (exact) mass is 352 g/mol. The van der Waals surface area contributed by atoms with E-state index >= 15 is 0 Å². The fraction of sp³-hybridized carbons (Fsp3) is 0.524. The molecular formula is C21H24N2O3. The molecule has 1 unspecified atom stereocenters. The van der Waals surface area contributed by atoms with E-state index in [1.807, 2.05) is 12.1 Å². The number of anilines is 1. The van der Waals surface area contributed by atoms with Crippen molar-refractivity contribution in [2.24, 2.45) is 11.8 Å². The highest BCUT2D eigenvalue weighted by atomic mass is 16.3. The Hall–Kier alpha value is -2.30. The second kappa shape index (κ2) is 6.15. The molecule has 1 aromatic carbocycles. The Labute approximate surface area is 152 Å². The quantitative estimate of drug-likeness (QED) is 0.864. The predicted molar refractivity (Wildman–Crippen MR) is 98.9 cm³/mol. The minimum absolute atomic E-state index is 0.0780.